The third kappa shape index (κ3) is 10.3. The van der Waals surface area contributed by atoms with Gasteiger partial charge in [0, 0.05) is 38.5 Å². The molecule has 128 valence electrons. The molecule has 0 fully saturated rings. The summed E-state index contributed by atoms with van der Waals surface area (Å²) in [6, 6.07) is 0. The largest absolute Gasteiger partial charge is 0.380 e. The molecule has 1 aromatic rings. The van der Waals surface area contributed by atoms with E-state index >= 15 is 0 Å². The van der Waals surface area contributed by atoms with E-state index in [1.54, 1.807) is 18.4 Å². The van der Waals surface area contributed by atoms with Gasteiger partial charge in [-0.1, -0.05) is 13.8 Å². The lowest BCUT2D eigenvalue weighted by molar-refractivity contribution is 0.128. The molecule has 0 aliphatic rings. The Kier molecular flexibility index (Phi) is 12.8. The summed E-state index contributed by atoms with van der Waals surface area (Å²) in [5, 5.41) is 9.75. The second kappa shape index (κ2) is 13.1. The Labute approximate surface area is 155 Å². The summed E-state index contributed by atoms with van der Waals surface area (Å²) in [6.45, 7) is 9.58. The Morgan fingerprint density at radius 3 is 2.64 bits per heavy atom. The van der Waals surface area contributed by atoms with Crippen LogP contribution in [0, 0.1) is 12.8 Å². The highest BCUT2D eigenvalue weighted by Gasteiger charge is 2.00. The molecule has 0 saturated heterocycles. The van der Waals surface area contributed by atoms with Gasteiger partial charge in [0.2, 0.25) is 0 Å². The van der Waals surface area contributed by atoms with Gasteiger partial charge < -0.3 is 15.4 Å². The molecule has 2 N–H and O–H groups in total. The van der Waals surface area contributed by atoms with Crippen LogP contribution in [0.5, 0.6) is 0 Å². The van der Waals surface area contributed by atoms with Gasteiger partial charge in [-0.05, 0) is 19.3 Å². The van der Waals surface area contributed by atoms with Gasteiger partial charge in [-0.15, -0.1) is 35.3 Å². The van der Waals surface area contributed by atoms with E-state index in [1.165, 1.54) is 0 Å². The average Bonchev–Trinajstić information content (AvgIpc) is 2.86. The van der Waals surface area contributed by atoms with Crippen LogP contribution < -0.4 is 10.6 Å². The fourth-order valence-corrected chi connectivity index (χ4v) is 2.36. The van der Waals surface area contributed by atoms with E-state index in [4.69, 9.17) is 4.74 Å². The van der Waals surface area contributed by atoms with E-state index in [-0.39, 0.29) is 24.0 Å². The number of aliphatic imine (C=N–C) groups is 1. The number of thiazole rings is 1. The zero-order valence-corrected chi connectivity index (χ0v) is 17.2. The maximum absolute atomic E-state index is 5.56. The van der Waals surface area contributed by atoms with Crippen molar-refractivity contribution >= 4 is 41.3 Å². The first-order valence-electron chi connectivity index (χ1n) is 7.55. The van der Waals surface area contributed by atoms with Crippen LogP contribution in [0.15, 0.2) is 10.4 Å². The Morgan fingerprint density at radius 2 is 2.05 bits per heavy atom. The van der Waals surface area contributed by atoms with Crippen LogP contribution >= 0.6 is 35.3 Å². The fraction of sp³-hybridized carbons (Fsp3) is 0.733. The zero-order valence-electron chi connectivity index (χ0n) is 14.0. The predicted molar refractivity (Wildman–Crippen MR) is 106 cm³/mol. The van der Waals surface area contributed by atoms with Gasteiger partial charge in [0.25, 0.3) is 0 Å². The smallest absolute Gasteiger partial charge is 0.191 e. The molecule has 22 heavy (non-hydrogen) atoms. The second-order valence-corrected chi connectivity index (χ2v) is 6.39. The Balaban J connectivity index is 0.00000441. The molecule has 0 bridgehead atoms. The van der Waals surface area contributed by atoms with Gasteiger partial charge >= 0.3 is 0 Å². The van der Waals surface area contributed by atoms with Gasteiger partial charge in [-0.2, -0.15) is 0 Å². The lowest BCUT2D eigenvalue weighted by atomic mass is 10.1. The number of nitrogens with zero attached hydrogens (tertiary/aromatic N) is 2. The number of halogens is 1. The summed E-state index contributed by atoms with van der Waals surface area (Å²) in [6.07, 6.45) is 2.02. The summed E-state index contributed by atoms with van der Waals surface area (Å²) >= 11 is 1.69. The molecule has 0 unspecified atom stereocenters. The third-order valence-electron chi connectivity index (χ3n) is 2.94. The molecule has 0 saturated carbocycles. The first-order valence-corrected chi connectivity index (χ1v) is 8.43. The average molecular weight is 440 g/mol. The number of hydrogen-bond donors (Lipinski definition) is 2. The molecule has 0 atom stereocenters. The van der Waals surface area contributed by atoms with Crippen molar-refractivity contribution in [3.63, 3.8) is 0 Å². The zero-order chi connectivity index (χ0) is 15.5. The molecule has 0 aliphatic heterocycles. The first-order chi connectivity index (χ1) is 10.1. The van der Waals surface area contributed by atoms with Crippen LogP contribution in [-0.2, 0) is 11.2 Å². The molecule has 7 heteroatoms. The van der Waals surface area contributed by atoms with Gasteiger partial charge in [-0.25, -0.2) is 4.98 Å². The third-order valence-corrected chi connectivity index (χ3v) is 3.76. The number of aromatic nitrogens is 1. The van der Waals surface area contributed by atoms with Crippen molar-refractivity contribution in [2.45, 2.75) is 33.6 Å². The molecule has 1 aromatic heterocycles. The summed E-state index contributed by atoms with van der Waals surface area (Å²) in [5.41, 5.74) is 1.14. The minimum Gasteiger partial charge on any atom is -0.380 e. The van der Waals surface area contributed by atoms with Gasteiger partial charge in [0.1, 0.15) is 0 Å². The number of rotatable bonds is 9. The highest BCUT2D eigenvalue weighted by atomic mass is 127. The fourth-order valence-electron chi connectivity index (χ4n) is 1.72. The molecule has 5 nitrogen and oxygen atoms in total. The summed E-state index contributed by atoms with van der Waals surface area (Å²) < 4.78 is 5.56. The van der Waals surface area contributed by atoms with Gasteiger partial charge in [0.05, 0.1) is 17.3 Å². The monoisotopic (exact) mass is 440 g/mol. The summed E-state index contributed by atoms with van der Waals surface area (Å²) in [7, 11) is 1.78. The van der Waals surface area contributed by atoms with Crippen LogP contribution in [0.2, 0.25) is 0 Å². The molecule has 0 amide bonds. The van der Waals surface area contributed by atoms with Crippen molar-refractivity contribution in [1.29, 1.82) is 0 Å². The van der Waals surface area contributed by atoms with Crippen molar-refractivity contribution in [2.75, 3.05) is 33.4 Å². The van der Waals surface area contributed by atoms with E-state index in [1.807, 2.05) is 6.92 Å². The number of nitrogens with one attached hydrogen (secondary N) is 2. The highest BCUT2D eigenvalue weighted by Crippen LogP contribution is 2.07. The number of ether oxygens (including phenoxy) is 1. The van der Waals surface area contributed by atoms with E-state index in [2.05, 4.69) is 39.8 Å². The maximum Gasteiger partial charge on any atom is 0.191 e. The SMILES string of the molecule is CN=C(NCCOCCC(C)C)NCCc1csc(C)n1.I. The van der Waals surface area contributed by atoms with Crippen LogP contribution in [0.4, 0.5) is 0 Å². The van der Waals surface area contributed by atoms with Gasteiger partial charge in [-0.3, -0.25) is 4.99 Å². The molecule has 0 radical (unpaired) electrons. The molecule has 1 rings (SSSR count). The first kappa shape index (κ1) is 21.6. The molecule has 1 heterocycles. The molecule has 0 spiro atoms. The van der Waals surface area contributed by atoms with Crippen LogP contribution in [-0.4, -0.2) is 44.3 Å². The van der Waals surface area contributed by atoms with E-state index in [0.29, 0.717) is 12.5 Å². The van der Waals surface area contributed by atoms with Crippen molar-refractivity contribution in [1.82, 2.24) is 15.6 Å². The highest BCUT2D eigenvalue weighted by molar-refractivity contribution is 14.0. The molecule has 0 aromatic carbocycles. The van der Waals surface area contributed by atoms with Crippen LogP contribution in [0.1, 0.15) is 31.0 Å². The van der Waals surface area contributed by atoms with E-state index < -0.39 is 0 Å². The number of hydrogen-bond acceptors (Lipinski definition) is 4. The van der Waals surface area contributed by atoms with Crippen molar-refractivity contribution in [2.24, 2.45) is 10.9 Å². The van der Waals surface area contributed by atoms with Gasteiger partial charge in [0.15, 0.2) is 5.96 Å². The lowest BCUT2D eigenvalue weighted by Gasteiger charge is -2.12. The minimum absolute atomic E-state index is 0. The predicted octanol–water partition coefficient (Wildman–Crippen LogP) is 2.84. The topological polar surface area (TPSA) is 58.5 Å². The quantitative estimate of drug-likeness (QED) is 0.268. The summed E-state index contributed by atoms with van der Waals surface area (Å²) in [5.74, 6) is 1.51. The number of guanidine groups is 1. The normalized spacial score (nSPS) is 11.4. The van der Waals surface area contributed by atoms with Crippen molar-refractivity contribution in [3.05, 3.63) is 16.1 Å². The Morgan fingerprint density at radius 1 is 1.32 bits per heavy atom. The lowest BCUT2D eigenvalue weighted by Crippen LogP contribution is -2.39. The van der Waals surface area contributed by atoms with Crippen LogP contribution in [0.25, 0.3) is 0 Å². The minimum atomic E-state index is 0. The second-order valence-electron chi connectivity index (χ2n) is 5.33. The van der Waals surface area contributed by atoms with Crippen molar-refractivity contribution < 1.29 is 4.74 Å². The Bertz CT molecular complexity index is 423. The standard InChI is InChI=1S/C15H28N4OS.HI/c1-12(2)6-9-20-10-8-18-15(16-4)17-7-5-14-11-21-13(3)19-14;/h11-12H,5-10H2,1-4H3,(H2,16,17,18);1H. The molecular weight excluding hydrogens is 411 g/mol. The molecule has 0 aliphatic carbocycles. The summed E-state index contributed by atoms with van der Waals surface area (Å²) in [4.78, 5) is 8.63. The molecular formula is C15H29IN4OS. The Hall–Kier alpha value is -0.410. The van der Waals surface area contributed by atoms with Crippen molar-refractivity contribution in [3.8, 4) is 0 Å². The maximum atomic E-state index is 5.56. The van der Waals surface area contributed by atoms with Crippen LogP contribution in [0.3, 0.4) is 0 Å². The number of aryl methyl sites for hydroxylation is 1. The van der Waals surface area contributed by atoms with E-state index in [9.17, 15) is 0 Å². The van der Waals surface area contributed by atoms with E-state index in [0.717, 1.165) is 49.2 Å².